The maximum absolute atomic E-state index is 6.03. The lowest BCUT2D eigenvalue weighted by Gasteiger charge is -2.19. The molecular weight excluding hydrogens is 266 g/mol. The lowest BCUT2D eigenvalue weighted by atomic mass is 10.1. The summed E-state index contributed by atoms with van der Waals surface area (Å²) in [6.45, 7) is 4.32. The molecule has 0 aromatic heterocycles. The Bertz CT molecular complexity index is 396. The van der Waals surface area contributed by atoms with Crippen molar-refractivity contribution in [3.63, 3.8) is 0 Å². The normalized spacial score (nSPS) is 19.4. The van der Waals surface area contributed by atoms with E-state index >= 15 is 0 Å². The fourth-order valence-corrected chi connectivity index (χ4v) is 3.76. The molecule has 1 aliphatic heterocycles. The second kappa shape index (κ2) is 8.58. The van der Waals surface area contributed by atoms with Gasteiger partial charge in [-0.15, -0.1) is 11.8 Å². The van der Waals surface area contributed by atoms with Crippen molar-refractivity contribution in [2.24, 2.45) is 0 Å². The minimum absolute atomic E-state index is 0.718. The second-order valence-corrected chi connectivity index (χ2v) is 6.70. The fourth-order valence-electron chi connectivity index (χ4n) is 2.66. The molecule has 2 rings (SSSR count). The number of benzene rings is 1. The molecule has 1 fully saturated rings. The molecule has 1 aliphatic rings. The first-order valence-corrected chi connectivity index (χ1v) is 8.84. The number of rotatable bonds is 8. The smallest absolute Gasteiger partial charge is 0.132 e. The Kier molecular flexibility index (Phi) is 6.74. The maximum atomic E-state index is 6.03. The van der Waals surface area contributed by atoms with Gasteiger partial charge in [0.15, 0.2) is 0 Å². The Morgan fingerprint density at radius 3 is 2.95 bits per heavy atom. The summed E-state index contributed by atoms with van der Waals surface area (Å²) >= 11 is 1.92. The molecule has 2 nitrogen and oxygen atoms in total. The van der Waals surface area contributed by atoms with Crippen molar-refractivity contribution in [1.82, 2.24) is 4.90 Å². The quantitative estimate of drug-likeness (QED) is 0.519. The SMILES string of the molecule is CCCCSc1ccccc1OCCC1CCCN1C. The summed E-state index contributed by atoms with van der Waals surface area (Å²) in [5.41, 5.74) is 0. The molecule has 0 bridgehead atoms. The number of hydrogen-bond acceptors (Lipinski definition) is 3. The van der Waals surface area contributed by atoms with E-state index in [1.807, 2.05) is 11.8 Å². The minimum atomic E-state index is 0.718. The average Bonchev–Trinajstić information content (AvgIpc) is 2.86. The van der Waals surface area contributed by atoms with Gasteiger partial charge in [0.1, 0.15) is 5.75 Å². The van der Waals surface area contributed by atoms with Crippen molar-refractivity contribution in [1.29, 1.82) is 0 Å². The van der Waals surface area contributed by atoms with Gasteiger partial charge in [0, 0.05) is 10.9 Å². The van der Waals surface area contributed by atoms with Gasteiger partial charge in [-0.1, -0.05) is 25.5 Å². The molecule has 0 spiro atoms. The molecule has 0 saturated carbocycles. The van der Waals surface area contributed by atoms with Gasteiger partial charge in [-0.25, -0.2) is 0 Å². The van der Waals surface area contributed by atoms with E-state index in [0.717, 1.165) is 24.8 Å². The molecule has 1 aromatic rings. The van der Waals surface area contributed by atoms with Gasteiger partial charge >= 0.3 is 0 Å². The predicted octanol–water partition coefficient (Wildman–Crippen LogP) is 4.44. The molecular formula is C17H27NOS. The van der Waals surface area contributed by atoms with Crippen molar-refractivity contribution in [3.05, 3.63) is 24.3 Å². The summed E-state index contributed by atoms with van der Waals surface area (Å²) in [4.78, 5) is 3.76. The zero-order valence-corrected chi connectivity index (χ0v) is 13.6. The predicted molar refractivity (Wildman–Crippen MR) is 87.8 cm³/mol. The number of hydrogen-bond donors (Lipinski definition) is 0. The van der Waals surface area contributed by atoms with Crippen LogP contribution in [0.5, 0.6) is 5.75 Å². The third-order valence-corrected chi connectivity index (χ3v) is 5.13. The molecule has 1 aromatic carbocycles. The van der Waals surface area contributed by atoms with Crippen LogP contribution in [-0.4, -0.2) is 36.9 Å². The lowest BCUT2D eigenvalue weighted by Crippen LogP contribution is -2.26. The van der Waals surface area contributed by atoms with Crippen LogP contribution >= 0.6 is 11.8 Å². The summed E-state index contributed by atoms with van der Waals surface area (Å²) in [5, 5.41) is 0. The average molecular weight is 293 g/mol. The van der Waals surface area contributed by atoms with Gasteiger partial charge in [0.2, 0.25) is 0 Å². The highest BCUT2D eigenvalue weighted by Gasteiger charge is 2.20. The zero-order chi connectivity index (χ0) is 14.2. The molecule has 3 heteroatoms. The summed E-state index contributed by atoms with van der Waals surface area (Å²) < 4.78 is 6.03. The highest BCUT2D eigenvalue weighted by molar-refractivity contribution is 7.99. The highest BCUT2D eigenvalue weighted by Crippen LogP contribution is 2.30. The Balaban J connectivity index is 1.79. The van der Waals surface area contributed by atoms with E-state index in [1.165, 1.54) is 42.9 Å². The maximum Gasteiger partial charge on any atom is 0.132 e. The van der Waals surface area contributed by atoms with Crippen molar-refractivity contribution in [3.8, 4) is 5.75 Å². The number of ether oxygens (including phenoxy) is 1. The van der Waals surface area contributed by atoms with Crippen molar-refractivity contribution in [2.75, 3.05) is 26.0 Å². The number of para-hydroxylation sites is 1. The molecule has 20 heavy (non-hydrogen) atoms. The Morgan fingerprint density at radius 1 is 1.35 bits per heavy atom. The van der Waals surface area contributed by atoms with E-state index in [1.54, 1.807) is 0 Å². The van der Waals surface area contributed by atoms with Crippen LogP contribution in [0, 0.1) is 0 Å². The fraction of sp³-hybridized carbons (Fsp3) is 0.647. The van der Waals surface area contributed by atoms with Crippen LogP contribution in [-0.2, 0) is 0 Å². The van der Waals surface area contributed by atoms with E-state index in [4.69, 9.17) is 4.74 Å². The van der Waals surface area contributed by atoms with Crippen molar-refractivity contribution >= 4 is 11.8 Å². The minimum Gasteiger partial charge on any atom is -0.492 e. The lowest BCUT2D eigenvalue weighted by molar-refractivity contribution is 0.230. The van der Waals surface area contributed by atoms with Crippen molar-refractivity contribution in [2.45, 2.75) is 50.0 Å². The third kappa shape index (κ3) is 4.71. The number of thioether (sulfide) groups is 1. The Labute approximate surface area is 127 Å². The Hall–Kier alpha value is -0.670. The van der Waals surface area contributed by atoms with E-state index in [9.17, 15) is 0 Å². The summed E-state index contributed by atoms with van der Waals surface area (Å²) in [6, 6.07) is 9.17. The van der Waals surface area contributed by atoms with E-state index in [0.29, 0.717) is 0 Å². The number of unbranched alkanes of at least 4 members (excludes halogenated alkanes) is 1. The van der Waals surface area contributed by atoms with Gasteiger partial charge in [0.05, 0.1) is 6.61 Å². The first-order valence-electron chi connectivity index (χ1n) is 7.86. The second-order valence-electron chi connectivity index (χ2n) is 5.56. The standard InChI is InChI=1S/C17H27NOS/c1-3-4-14-20-17-10-6-5-9-16(17)19-13-11-15-8-7-12-18(15)2/h5-6,9-10,15H,3-4,7-8,11-14H2,1-2H3. The van der Waals surface area contributed by atoms with E-state index < -0.39 is 0 Å². The first-order chi connectivity index (χ1) is 9.81. The zero-order valence-electron chi connectivity index (χ0n) is 12.8. The van der Waals surface area contributed by atoms with Gasteiger partial charge in [-0.2, -0.15) is 0 Å². The number of nitrogens with zero attached hydrogens (tertiary/aromatic N) is 1. The molecule has 0 N–H and O–H groups in total. The van der Waals surface area contributed by atoms with Crippen LogP contribution in [0.2, 0.25) is 0 Å². The Morgan fingerprint density at radius 2 is 2.20 bits per heavy atom. The molecule has 1 atom stereocenters. The molecule has 112 valence electrons. The summed E-state index contributed by atoms with van der Waals surface area (Å²) in [7, 11) is 2.23. The van der Waals surface area contributed by atoms with Crippen molar-refractivity contribution < 1.29 is 4.74 Å². The summed E-state index contributed by atoms with van der Waals surface area (Å²) in [6.07, 6.45) is 6.33. The van der Waals surface area contributed by atoms with Crippen LogP contribution in [0.4, 0.5) is 0 Å². The van der Waals surface area contributed by atoms with Gasteiger partial charge < -0.3 is 9.64 Å². The van der Waals surface area contributed by atoms with Gasteiger partial charge in [-0.3, -0.25) is 0 Å². The highest BCUT2D eigenvalue weighted by atomic mass is 32.2. The molecule has 0 radical (unpaired) electrons. The monoisotopic (exact) mass is 293 g/mol. The van der Waals surface area contributed by atoms with E-state index in [-0.39, 0.29) is 0 Å². The molecule has 0 amide bonds. The van der Waals surface area contributed by atoms with Crippen LogP contribution < -0.4 is 4.74 Å². The molecule has 0 aliphatic carbocycles. The number of likely N-dealkylation sites (tertiary alicyclic amines) is 1. The summed E-state index contributed by atoms with van der Waals surface area (Å²) in [5.74, 6) is 2.25. The third-order valence-electron chi connectivity index (χ3n) is 3.98. The topological polar surface area (TPSA) is 12.5 Å². The molecule has 1 saturated heterocycles. The van der Waals surface area contributed by atoms with Gasteiger partial charge in [0.25, 0.3) is 0 Å². The van der Waals surface area contributed by atoms with Crippen LogP contribution in [0.25, 0.3) is 0 Å². The first kappa shape index (κ1) is 15.7. The van der Waals surface area contributed by atoms with Crippen LogP contribution in [0.15, 0.2) is 29.2 Å². The van der Waals surface area contributed by atoms with Crippen LogP contribution in [0.3, 0.4) is 0 Å². The van der Waals surface area contributed by atoms with Crippen LogP contribution in [0.1, 0.15) is 39.0 Å². The van der Waals surface area contributed by atoms with Gasteiger partial charge in [-0.05, 0) is 57.2 Å². The largest absolute Gasteiger partial charge is 0.492 e. The molecule has 1 unspecified atom stereocenters. The van der Waals surface area contributed by atoms with E-state index in [2.05, 4.69) is 43.1 Å². The molecule has 1 heterocycles.